The van der Waals surface area contributed by atoms with Gasteiger partial charge in [0.2, 0.25) is 5.82 Å². The minimum atomic E-state index is -2.13. The predicted molar refractivity (Wildman–Crippen MR) is 163 cm³/mol. The van der Waals surface area contributed by atoms with Crippen molar-refractivity contribution >= 4 is 0 Å². The van der Waals surface area contributed by atoms with Crippen LogP contribution in [0.5, 0.6) is 0 Å². The molecule has 8 rings (SSSR count). The summed E-state index contributed by atoms with van der Waals surface area (Å²) in [5.74, 6) is -10.4. The first-order valence-corrected chi connectivity index (χ1v) is 16.8. The van der Waals surface area contributed by atoms with E-state index >= 15 is 8.78 Å². The van der Waals surface area contributed by atoms with E-state index in [1.165, 1.54) is 0 Å². The average molecular weight is 639 g/mol. The number of pyridine rings is 2. The maximum Gasteiger partial charge on any atom is 0.200 e. The molecule has 0 saturated carbocycles. The first kappa shape index (κ1) is 30.4. The van der Waals surface area contributed by atoms with Crippen LogP contribution in [-0.2, 0) is 0 Å². The number of hydrogen-bond donors (Lipinski definition) is 4. The topological polar surface area (TPSA) is 73.9 Å². The quantitative estimate of drug-likeness (QED) is 0.177. The molecule has 2 aromatic heterocycles. The molecule has 244 valence electrons. The third kappa shape index (κ3) is 5.14. The lowest BCUT2D eigenvalue weighted by Gasteiger charge is -2.35. The second-order valence-electron chi connectivity index (χ2n) is 13.9. The van der Waals surface area contributed by atoms with Crippen LogP contribution in [0.2, 0.25) is 0 Å². The fourth-order valence-electron chi connectivity index (χ4n) is 9.67. The summed E-state index contributed by atoms with van der Waals surface area (Å²) in [6.45, 7) is 0. The first-order chi connectivity index (χ1) is 22.4. The molecule has 0 aliphatic carbocycles. The van der Waals surface area contributed by atoms with Gasteiger partial charge in [-0.05, 0) is 75.6 Å². The highest BCUT2D eigenvalue weighted by Gasteiger charge is 2.50. The van der Waals surface area contributed by atoms with Gasteiger partial charge in [0.1, 0.15) is 0 Å². The Morgan fingerprint density at radius 1 is 0.413 bits per heavy atom. The van der Waals surface area contributed by atoms with Crippen LogP contribution in [0.15, 0.2) is 48.8 Å². The minimum Gasteiger partial charge on any atom is -0.310 e. The van der Waals surface area contributed by atoms with Crippen molar-refractivity contribution in [2.45, 2.75) is 117 Å². The summed E-state index contributed by atoms with van der Waals surface area (Å²) >= 11 is 0. The van der Waals surface area contributed by atoms with Crippen molar-refractivity contribution in [3.8, 4) is 0 Å². The number of fused-ring (bicyclic) bond motifs is 9. The summed E-state index contributed by atoms with van der Waals surface area (Å²) in [7, 11) is 0. The van der Waals surface area contributed by atoms with Crippen LogP contribution in [0.3, 0.4) is 0 Å². The van der Waals surface area contributed by atoms with Crippen LogP contribution in [0, 0.1) is 29.1 Å². The summed E-state index contributed by atoms with van der Waals surface area (Å²) in [6.07, 6.45) is 9.95. The van der Waals surface area contributed by atoms with Crippen LogP contribution < -0.4 is 21.3 Å². The summed E-state index contributed by atoms with van der Waals surface area (Å²) in [4.78, 5) is 9.49. The maximum atomic E-state index is 15.7. The van der Waals surface area contributed by atoms with Crippen molar-refractivity contribution in [2.24, 2.45) is 0 Å². The van der Waals surface area contributed by atoms with Gasteiger partial charge >= 0.3 is 0 Å². The number of aromatic nitrogens is 2. The normalized spacial score (nSPS) is 37.3. The van der Waals surface area contributed by atoms with E-state index in [-0.39, 0.29) is 36.0 Å². The van der Waals surface area contributed by atoms with Crippen molar-refractivity contribution < 1.29 is 22.0 Å². The molecule has 5 aliphatic heterocycles. The summed E-state index contributed by atoms with van der Waals surface area (Å²) < 4.78 is 75.2. The zero-order valence-corrected chi connectivity index (χ0v) is 25.4. The fourth-order valence-corrected chi connectivity index (χ4v) is 9.67. The Morgan fingerprint density at radius 2 is 0.739 bits per heavy atom. The van der Waals surface area contributed by atoms with Crippen LogP contribution in [-0.4, -0.2) is 58.3 Å². The largest absolute Gasteiger partial charge is 0.310 e. The van der Waals surface area contributed by atoms with Gasteiger partial charge in [-0.15, -0.1) is 0 Å². The molecular formula is C35H39F5N6. The SMILES string of the molecule is Fc1c(F)c(F)c(C2C3CCC(N3)C(c3ccccn3)C3CCC(N3)C3CCC(N3)C(c3ccccn3)C3CCC2N3)c(F)c1F. The van der Waals surface area contributed by atoms with Crippen molar-refractivity contribution in [3.05, 3.63) is 94.8 Å². The van der Waals surface area contributed by atoms with E-state index in [0.717, 1.165) is 37.1 Å². The molecule has 7 heterocycles. The van der Waals surface area contributed by atoms with Gasteiger partial charge in [0.15, 0.2) is 23.3 Å². The molecular weight excluding hydrogens is 599 g/mol. The molecule has 0 radical (unpaired) electrons. The molecule has 5 saturated heterocycles. The Balaban J connectivity index is 1.24. The molecule has 10 unspecified atom stereocenters. The maximum absolute atomic E-state index is 15.7. The third-order valence-corrected chi connectivity index (χ3v) is 11.6. The molecule has 5 fully saturated rings. The molecule has 3 aromatic rings. The molecule has 0 amide bonds. The molecule has 1 aromatic carbocycles. The van der Waals surface area contributed by atoms with Gasteiger partial charge in [0, 0.05) is 95.4 Å². The molecule has 11 heteroatoms. The van der Waals surface area contributed by atoms with Crippen LogP contribution in [0.25, 0.3) is 0 Å². The van der Waals surface area contributed by atoms with Gasteiger partial charge in [-0.2, -0.15) is 0 Å². The first-order valence-electron chi connectivity index (χ1n) is 16.8. The smallest absolute Gasteiger partial charge is 0.200 e. The van der Waals surface area contributed by atoms with Crippen molar-refractivity contribution in [3.63, 3.8) is 0 Å². The van der Waals surface area contributed by atoms with Gasteiger partial charge in [-0.25, -0.2) is 22.0 Å². The highest BCUT2D eigenvalue weighted by atomic mass is 19.2. The molecule has 46 heavy (non-hydrogen) atoms. The Bertz CT molecular complexity index is 1450. The molecule has 4 N–H and O–H groups in total. The Labute approximate surface area is 265 Å². The zero-order chi connectivity index (χ0) is 31.5. The molecule has 8 bridgehead atoms. The minimum absolute atomic E-state index is 0.0267. The monoisotopic (exact) mass is 638 g/mol. The van der Waals surface area contributed by atoms with Crippen molar-refractivity contribution in [2.75, 3.05) is 0 Å². The number of nitrogens with zero attached hydrogens (tertiary/aromatic N) is 2. The predicted octanol–water partition coefficient (Wildman–Crippen LogP) is 5.32. The van der Waals surface area contributed by atoms with E-state index < -0.39 is 52.7 Å². The van der Waals surface area contributed by atoms with E-state index in [1.54, 1.807) is 12.4 Å². The van der Waals surface area contributed by atoms with E-state index in [2.05, 4.69) is 21.3 Å². The van der Waals surface area contributed by atoms with Gasteiger partial charge in [0.25, 0.3) is 0 Å². The summed E-state index contributed by atoms with van der Waals surface area (Å²) in [5, 5.41) is 15.3. The molecule has 5 aliphatic rings. The number of benzene rings is 1. The van der Waals surface area contributed by atoms with Gasteiger partial charge in [-0.3, -0.25) is 9.97 Å². The van der Waals surface area contributed by atoms with E-state index in [9.17, 15) is 13.2 Å². The number of hydrogen-bond acceptors (Lipinski definition) is 6. The molecule has 0 spiro atoms. The average Bonchev–Trinajstić information content (AvgIpc) is 3.91. The zero-order valence-electron chi connectivity index (χ0n) is 25.4. The Kier molecular flexibility index (Phi) is 8.07. The van der Waals surface area contributed by atoms with Gasteiger partial charge in [-0.1, -0.05) is 12.1 Å². The van der Waals surface area contributed by atoms with E-state index in [4.69, 9.17) is 9.97 Å². The lowest BCUT2D eigenvalue weighted by atomic mass is 9.82. The Hall–Kier alpha value is -2.99. The second kappa shape index (κ2) is 12.2. The van der Waals surface area contributed by atoms with Crippen molar-refractivity contribution in [1.82, 2.24) is 31.2 Å². The number of rotatable bonds is 3. The molecule has 10 atom stereocenters. The summed E-state index contributed by atoms with van der Waals surface area (Å²) in [6, 6.07) is 11.4. The van der Waals surface area contributed by atoms with Crippen LogP contribution in [0.1, 0.15) is 86.1 Å². The Morgan fingerprint density at radius 3 is 1.11 bits per heavy atom. The lowest BCUT2D eigenvalue weighted by molar-refractivity contribution is 0.303. The lowest BCUT2D eigenvalue weighted by Crippen LogP contribution is -2.50. The number of nitrogens with one attached hydrogen (secondary N) is 4. The van der Waals surface area contributed by atoms with E-state index in [0.29, 0.717) is 37.8 Å². The highest BCUT2D eigenvalue weighted by Crippen LogP contribution is 2.45. The number of halogens is 5. The fraction of sp³-hybridized carbons (Fsp3) is 0.543. The molecule has 6 nitrogen and oxygen atoms in total. The highest BCUT2D eigenvalue weighted by molar-refractivity contribution is 5.32. The van der Waals surface area contributed by atoms with E-state index in [1.807, 2.05) is 36.4 Å². The van der Waals surface area contributed by atoms with Crippen LogP contribution >= 0.6 is 0 Å². The standard InChI is InChI=1S/C35H39F5N6/c36-31-30(32(37)34(39)35(40)33(31)38)29-25-13-11-23(45-25)27(19-5-1-3-15-41-19)21-9-7-17(43-21)18-8-10-22(44-18)28(20-6-2-4-16-42-20)24-12-14-26(29)46-24/h1-6,15-18,21-29,43-46H,7-14H2. The second-order valence-corrected chi connectivity index (χ2v) is 13.9. The van der Waals surface area contributed by atoms with Gasteiger partial charge in [0.05, 0.1) is 0 Å². The third-order valence-electron chi connectivity index (χ3n) is 11.6. The van der Waals surface area contributed by atoms with Crippen LogP contribution in [0.4, 0.5) is 22.0 Å². The summed E-state index contributed by atoms with van der Waals surface area (Å²) in [5.41, 5.74) is 1.14. The van der Waals surface area contributed by atoms with Gasteiger partial charge < -0.3 is 21.3 Å². The van der Waals surface area contributed by atoms with Crippen molar-refractivity contribution in [1.29, 1.82) is 0 Å².